The lowest BCUT2D eigenvalue weighted by Gasteiger charge is -2.23. The van der Waals surface area contributed by atoms with Crippen LogP contribution in [0.3, 0.4) is 0 Å². The minimum absolute atomic E-state index is 0.241. The van der Waals surface area contributed by atoms with Crippen molar-refractivity contribution in [3.05, 3.63) is 48.2 Å². The predicted octanol–water partition coefficient (Wildman–Crippen LogP) is 4.15. The van der Waals surface area contributed by atoms with E-state index in [0.29, 0.717) is 49.5 Å². The van der Waals surface area contributed by atoms with E-state index in [2.05, 4.69) is 42.5 Å². The monoisotopic (exact) mass is 589 g/mol. The summed E-state index contributed by atoms with van der Waals surface area (Å²) in [5.41, 5.74) is 1.07. The molecule has 0 spiro atoms. The van der Waals surface area contributed by atoms with Gasteiger partial charge < -0.3 is 30.5 Å². The zero-order valence-electron chi connectivity index (χ0n) is 24.5. The van der Waals surface area contributed by atoms with Crippen molar-refractivity contribution in [3.63, 3.8) is 0 Å². The van der Waals surface area contributed by atoms with Gasteiger partial charge in [-0.2, -0.15) is 4.98 Å². The molecule has 0 fully saturated rings. The highest BCUT2D eigenvalue weighted by atomic mass is 19.4. The highest BCUT2D eigenvalue weighted by Crippen LogP contribution is 2.25. The van der Waals surface area contributed by atoms with Gasteiger partial charge in [-0.15, -0.1) is 13.2 Å². The van der Waals surface area contributed by atoms with Crippen LogP contribution in [0.25, 0.3) is 0 Å². The number of nitrogens with zero attached hydrogens (tertiary/aromatic N) is 4. The molecule has 2 amide bonds. The molecular weight excluding hydrogens is 551 g/mol. The van der Waals surface area contributed by atoms with Gasteiger partial charge in [0.05, 0.1) is 11.8 Å². The second-order valence-corrected chi connectivity index (χ2v) is 9.57. The largest absolute Gasteiger partial charge is 0.573 e. The summed E-state index contributed by atoms with van der Waals surface area (Å²) in [4.78, 5) is 36.7. The average Bonchev–Trinajstić information content (AvgIpc) is 2.93. The molecule has 0 aliphatic carbocycles. The molecule has 0 aliphatic rings. The summed E-state index contributed by atoms with van der Waals surface area (Å²) in [5.74, 6) is 6.07. The zero-order valence-corrected chi connectivity index (χ0v) is 24.5. The molecule has 42 heavy (non-hydrogen) atoms. The molecule has 2 aromatic rings. The van der Waals surface area contributed by atoms with Gasteiger partial charge in [-0.1, -0.05) is 24.8 Å². The fraction of sp³-hybridized carbons (Fsp3) is 0.448. The second-order valence-electron chi connectivity index (χ2n) is 9.57. The number of rotatable bonds is 14. The van der Waals surface area contributed by atoms with Crippen LogP contribution in [0.2, 0.25) is 0 Å². The van der Waals surface area contributed by atoms with Crippen molar-refractivity contribution in [1.82, 2.24) is 25.1 Å². The van der Waals surface area contributed by atoms with E-state index in [0.717, 1.165) is 6.42 Å². The molecule has 0 bridgehead atoms. The SMILES string of the molecule is CCCNc1nc(Nc2ccc(OC(F)(F)F)cc2)ncc1C#CCCCNC(=O)[C@H](C)N(C)C(=O)C=CCN(C)C. The average molecular weight is 590 g/mol. The van der Waals surface area contributed by atoms with E-state index < -0.39 is 12.4 Å². The number of benzene rings is 1. The molecule has 1 heterocycles. The lowest BCUT2D eigenvalue weighted by molar-refractivity contribution is -0.274. The molecule has 0 saturated heterocycles. The second kappa shape index (κ2) is 16.8. The number of hydrogen-bond acceptors (Lipinski definition) is 8. The Morgan fingerprint density at radius 1 is 1.14 bits per heavy atom. The summed E-state index contributed by atoms with van der Waals surface area (Å²) in [6.07, 6.45) is 1.98. The van der Waals surface area contributed by atoms with Crippen molar-refractivity contribution in [2.24, 2.45) is 0 Å². The van der Waals surface area contributed by atoms with Crippen molar-refractivity contribution in [2.45, 2.75) is 45.5 Å². The van der Waals surface area contributed by atoms with E-state index in [1.807, 2.05) is 25.9 Å². The van der Waals surface area contributed by atoms with Crippen LogP contribution in [-0.4, -0.2) is 84.8 Å². The van der Waals surface area contributed by atoms with E-state index in [1.54, 1.807) is 26.2 Å². The topological polar surface area (TPSA) is 112 Å². The van der Waals surface area contributed by atoms with Gasteiger partial charge in [-0.05, 0) is 58.1 Å². The smallest absolute Gasteiger partial charge is 0.406 e. The standard InChI is InChI=1S/C29H38F3N7O3/c1-6-17-33-26-22(20-35-28(37-26)36-23-13-15-24(16-14-23)42-29(30,31)32)11-8-7-9-18-34-27(41)21(2)39(5)25(40)12-10-19-38(3)4/h10,12-16,20-21H,6-7,9,17-19H2,1-5H3,(H,34,41)(H2,33,35,36,37)/t21-/m0/s1. The van der Waals surface area contributed by atoms with E-state index >= 15 is 0 Å². The van der Waals surface area contributed by atoms with Gasteiger partial charge in [-0.3, -0.25) is 9.59 Å². The van der Waals surface area contributed by atoms with Crippen LogP contribution in [0, 0.1) is 11.8 Å². The van der Waals surface area contributed by atoms with Crippen molar-refractivity contribution < 1.29 is 27.5 Å². The number of likely N-dealkylation sites (N-methyl/N-ethyl adjacent to an activating group) is 2. The number of carbonyl (C=O) groups is 2. The fourth-order valence-electron chi connectivity index (χ4n) is 3.32. The number of alkyl halides is 3. The van der Waals surface area contributed by atoms with E-state index in [9.17, 15) is 22.8 Å². The Morgan fingerprint density at radius 3 is 2.50 bits per heavy atom. The normalized spacial score (nSPS) is 11.9. The van der Waals surface area contributed by atoms with Crippen LogP contribution in [-0.2, 0) is 9.59 Å². The first-order valence-electron chi connectivity index (χ1n) is 13.5. The molecule has 228 valence electrons. The van der Waals surface area contributed by atoms with E-state index in [4.69, 9.17) is 0 Å². The van der Waals surface area contributed by atoms with Gasteiger partial charge in [0.25, 0.3) is 0 Å². The lowest BCUT2D eigenvalue weighted by Crippen LogP contribution is -2.45. The molecular formula is C29H38F3N7O3. The number of carbonyl (C=O) groups excluding carboxylic acids is 2. The fourth-order valence-corrected chi connectivity index (χ4v) is 3.32. The third-order valence-corrected chi connectivity index (χ3v) is 5.72. The molecule has 0 saturated carbocycles. The Kier molecular flexibility index (Phi) is 13.6. The summed E-state index contributed by atoms with van der Waals surface area (Å²) >= 11 is 0. The lowest BCUT2D eigenvalue weighted by atomic mass is 10.2. The molecule has 1 aromatic carbocycles. The molecule has 0 aliphatic heterocycles. The Labute approximate surface area is 244 Å². The summed E-state index contributed by atoms with van der Waals surface area (Å²) in [6, 6.07) is 4.62. The third-order valence-electron chi connectivity index (χ3n) is 5.72. The van der Waals surface area contributed by atoms with Gasteiger partial charge in [-0.25, -0.2) is 4.98 Å². The molecule has 0 unspecified atom stereocenters. The maximum Gasteiger partial charge on any atom is 0.573 e. The molecule has 0 radical (unpaired) electrons. The molecule has 13 heteroatoms. The highest BCUT2D eigenvalue weighted by Gasteiger charge is 2.31. The minimum Gasteiger partial charge on any atom is -0.406 e. The Bertz CT molecular complexity index is 1260. The summed E-state index contributed by atoms with van der Waals surface area (Å²) in [7, 11) is 5.39. The molecule has 10 nitrogen and oxygen atoms in total. The number of halogens is 3. The van der Waals surface area contributed by atoms with Gasteiger partial charge >= 0.3 is 6.36 Å². The molecule has 1 aromatic heterocycles. The van der Waals surface area contributed by atoms with Crippen LogP contribution in [0.1, 0.15) is 38.7 Å². The molecule has 2 rings (SSSR count). The zero-order chi connectivity index (χ0) is 31.1. The van der Waals surface area contributed by atoms with Crippen LogP contribution in [0.15, 0.2) is 42.6 Å². The summed E-state index contributed by atoms with van der Waals surface area (Å²) < 4.78 is 41.0. The maximum absolute atomic E-state index is 12.4. The van der Waals surface area contributed by atoms with Gasteiger partial charge in [0.2, 0.25) is 17.8 Å². The number of anilines is 3. The van der Waals surface area contributed by atoms with Crippen molar-refractivity contribution in [1.29, 1.82) is 0 Å². The number of nitrogens with one attached hydrogen (secondary N) is 3. The van der Waals surface area contributed by atoms with Crippen LogP contribution >= 0.6 is 0 Å². The van der Waals surface area contributed by atoms with Crippen molar-refractivity contribution >= 4 is 29.3 Å². The van der Waals surface area contributed by atoms with Crippen molar-refractivity contribution in [2.75, 3.05) is 51.4 Å². The summed E-state index contributed by atoms with van der Waals surface area (Å²) in [5, 5.41) is 8.99. The van der Waals surface area contributed by atoms with Gasteiger partial charge in [0, 0.05) is 44.9 Å². The maximum atomic E-state index is 12.4. The Morgan fingerprint density at radius 2 is 1.86 bits per heavy atom. The first kappa shape index (κ1) is 33.9. The molecule has 1 atom stereocenters. The number of hydrogen-bond donors (Lipinski definition) is 3. The van der Waals surface area contributed by atoms with Crippen molar-refractivity contribution in [3.8, 4) is 17.6 Å². The Balaban J connectivity index is 1.90. The predicted molar refractivity (Wildman–Crippen MR) is 156 cm³/mol. The number of ether oxygens (including phenoxy) is 1. The number of amides is 2. The highest BCUT2D eigenvalue weighted by molar-refractivity contribution is 5.92. The minimum atomic E-state index is -4.76. The first-order valence-corrected chi connectivity index (χ1v) is 13.5. The quantitative estimate of drug-likeness (QED) is 0.171. The van der Waals surface area contributed by atoms with E-state index in [1.165, 1.54) is 35.2 Å². The van der Waals surface area contributed by atoms with Crippen LogP contribution < -0.4 is 20.7 Å². The third kappa shape index (κ3) is 12.5. The summed E-state index contributed by atoms with van der Waals surface area (Å²) in [6.45, 7) is 5.37. The molecule has 3 N–H and O–H groups in total. The number of unbranched alkanes of at least 4 members (excludes halogenated alkanes) is 1. The van der Waals surface area contributed by atoms with Crippen LogP contribution in [0.4, 0.5) is 30.6 Å². The van der Waals surface area contributed by atoms with Crippen LogP contribution in [0.5, 0.6) is 5.75 Å². The number of aromatic nitrogens is 2. The van der Waals surface area contributed by atoms with Gasteiger partial charge in [0.15, 0.2) is 0 Å². The van der Waals surface area contributed by atoms with E-state index in [-0.39, 0.29) is 23.5 Å². The first-order chi connectivity index (χ1) is 19.9. The Hall–Kier alpha value is -4.31. The van der Waals surface area contributed by atoms with Gasteiger partial charge in [0.1, 0.15) is 17.6 Å².